The fourth-order valence-electron chi connectivity index (χ4n) is 3.36. The highest BCUT2D eigenvalue weighted by Gasteiger charge is 2.38. The molecule has 2 fully saturated rings. The Hall–Kier alpha value is -0.120. The van der Waals surface area contributed by atoms with Crippen molar-refractivity contribution in [2.75, 3.05) is 19.8 Å². The second-order valence-electron chi connectivity index (χ2n) is 6.43. The van der Waals surface area contributed by atoms with E-state index in [1.54, 1.807) is 0 Å². The van der Waals surface area contributed by atoms with Gasteiger partial charge in [-0.15, -0.1) is 0 Å². The molecule has 1 aliphatic carbocycles. The van der Waals surface area contributed by atoms with Crippen LogP contribution in [0.3, 0.4) is 0 Å². The molecule has 0 aromatic carbocycles. The number of rotatable bonds is 4. The molecular weight excluding hydrogens is 226 g/mol. The number of hydrogen-bond donors (Lipinski definition) is 1. The van der Waals surface area contributed by atoms with Crippen molar-refractivity contribution >= 4 is 0 Å². The fourth-order valence-corrected chi connectivity index (χ4v) is 3.36. The van der Waals surface area contributed by atoms with Gasteiger partial charge >= 0.3 is 0 Å². The molecule has 0 bridgehead atoms. The van der Waals surface area contributed by atoms with Crippen LogP contribution in [0.4, 0.5) is 0 Å². The van der Waals surface area contributed by atoms with Crippen LogP contribution in [-0.4, -0.2) is 31.5 Å². The molecule has 0 aromatic rings. The van der Waals surface area contributed by atoms with Crippen LogP contribution in [0.15, 0.2) is 0 Å². The molecule has 0 spiro atoms. The zero-order chi connectivity index (χ0) is 13.0. The molecule has 2 N–H and O–H groups in total. The van der Waals surface area contributed by atoms with E-state index in [4.69, 9.17) is 15.2 Å². The van der Waals surface area contributed by atoms with Crippen LogP contribution in [0.5, 0.6) is 0 Å². The van der Waals surface area contributed by atoms with Crippen molar-refractivity contribution in [2.24, 2.45) is 17.6 Å². The third kappa shape index (κ3) is 3.46. The third-order valence-electron chi connectivity index (χ3n) is 4.79. The monoisotopic (exact) mass is 255 g/mol. The number of nitrogens with two attached hydrogens (primary N) is 1. The smallest absolute Gasteiger partial charge is 0.0817 e. The minimum Gasteiger partial charge on any atom is -0.379 e. The minimum atomic E-state index is -0.0588. The van der Waals surface area contributed by atoms with Crippen LogP contribution in [0.1, 0.15) is 52.4 Å². The average molecular weight is 255 g/mol. The maximum atomic E-state index is 6.35. The predicted octanol–water partition coefficient (Wildman–Crippen LogP) is 2.73. The van der Waals surface area contributed by atoms with E-state index in [1.807, 2.05) is 0 Å². The van der Waals surface area contributed by atoms with Crippen molar-refractivity contribution in [3.63, 3.8) is 0 Å². The molecule has 0 amide bonds. The van der Waals surface area contributed by atoms with Gasteiger partial charge in [0, 0.05) is 13.2 Å². The van der Waals surface area contributed by atoms with Gasteiger partial charge in [-0.1, -0.05) is 13.8 Å². The standard InChI is InChI=1S/C15H29NO2/c1-12(2)13-5-7-15(11-16,8-6-13)18-14-4-3-9-17-10-14/h12-14H,3-11,16H2,1-2H3. The van der Waals surface area contributed by atoms with Crippen molar-refractivity contribution in [3.05, 3.63) is 0 Å². The lowest BCUT2D eigenvalue weighted by Gasteiger charge is -2.43. The van der Waals surface area contributed by atoms with Crippen LogP contribution < -0.4 is 5.73 Å². The summed E-state index contributed by atoms with van der Waals surface area (Å²) >= 11 is 0. The molecule has 106 valence electrons. The van der Waals surface area contributed by atoms with Crippen LogP contribution in [-0.2, 0) is 9.47 Å². The lowest BCUT2D eigenvalue weighted by molar-refractivity contribution is -0.151. The Balaban J connectivity index is 1.87. The molecule has 2 rings (SSSR count). The van der Waals surface area contributed by atoms with Gasteiger partial charge in [-0.3, -0.25) is 0 Å². The van der Waals surface area contributed by atoms with Gasteiger partial charge in [0.1, 0.15) is 0 Å². The van der Waals surface area contributed by atoms with Crippen LogP contribution in [0.25, 0.3) is 0 Å². The minimum absolute atomic E-state index is 0.0588. The van der Waals surface area contributed by atoms with Gasteiger partial charge in [0.25, 0.3) is 0 Å². The Morgan fingerprint density at radius 3 is 2.50 bits per heavy atom. The SMILES string of the molecule is CC(C)C1CCC(CN)(OC2CCCOC2)CC1. The van der Waals surface area contributed by atoms with Gasteiger partial charge in [0.15, 0.2) is 0 Å². The van der Waals surface area contributed by atoms with Gasteiger partial charge < -0.3 is 15.2 Å². The first-order valence-corrected chi connectivity index (χ1v) is 7.61. The first-order valence-electron chi connectivity index (χ1n) is 7.61. The summed E-state index contributed by atoms with van der Waals surface area (Å²) in [5, 5.41) is 0. The number of ether oxygens (including phenoxy) is 2. The quantitative estimate of drug-likeness (QED) is 0.840. The van der Waals surface area contributed by atoms with Crippen molar-refractivity contribution < 1.29 is 9.47 Å². The molecule has 0 radical (unpaired) electrons. The maximum absolute atomic E-state index is 6.35. The first-order chi connectivity index (χ1) is 8.65. The molecule has 2 aliphatic rings. The van der Waals surface area contributed by atoms with Crippen molar-refractivity contribution in [2.45, 2.75) is 64.1 Å². The fraction of sp³-hybridized carbons (Fsp3) is 1.00. The summed E-state index contributed by atoms with van der Waals surface area (Å²) in [5.74, 6) is 1.65. The lowest BCUT2D eigenvalue weighted by Crippen LogP contribution is -2.48. The van der Waals surface area contributed by atoms with Crippen LogP contribution >= 0.6 is 0 Å². The lowest BCUT2D eigenvalue weighted by atomic mass is 9.74. The van der Waals surface area contributed by atoms with Crippen molar-refractivity contribution in [1.29, 1.82) is 0 Å². The first kappa shape index (κ1) is 14.3. The molecule has 1 unspecified atom stereocenters. The zero-order valence-corrected chi connectivity index (χ0v) is 12.0. The van der Waals surface area contributed by atoms with Crippen molar-refractivity contribution in [3.8, 4) is 0 Å². The molecule has 1 saturated heterocycles. The predicted molar refractivity (Wildman–Crippen MR) is 73.5 cm³/mol. The molecule has 1 saturated carbocycles. The van der Waals surface area contributed by atoms with E-state index < -0.39 is 0 Å². The number of hydrogen-bond acceptors (Lipinski definition) is 3. The van der Waals surface area contributed by atoms with E-state index in [2.05, 4.69) is 13.8 Å². The van der Waals surface area contributed by atoms with E-state index in [1.165, 1.54) is 12.8 Å². The topological polar surface area (TPSA) is 44.5 Å². The normalized spacial score (nSPS) is 38.0. The largest absolute Gasteiger partial charge is 0.379 e. The van der Waals surface area contributed by atoms with Gasteiger partial charge in [0.2, 0.25) is 0 Å². The van der Waals surface area contributed by atoms with Gasteiger partial charge in [0.05, 0.1) is 18.3 Å². The summed E-state index contributed by atoms with van der Waals surface area (Å²) in [4.78, 5) is 0. The summed E-state index contributed by atoms with van der Waals surface area (Å²) < 4.78 is 11.9. The molecule has 18 heavy (non-hydrogen) atoms. The molecule has 0 aromatic heterocycles. The van der Waals surface area contributed by atoms with E-state index in [9.17, 15) is 0 Å². The highest BCUT2D eigenvalue weighted by molar-refractivity contribution is 4.90. The average Bonchev–Trinajstić information content (AvgIpc) is 2.40. The Bertz CT molecular complexity index is 241. The Morgan fingerprint density at radius 1 is 1.28 bits per heavy atom. The second kappa shape index (κ2) is 6.36. The molecule has 1 atom stereocenters. The van der Waals surface area contributed by atoms with Crippen LogP contribution in [0.2, 0.25) is 0 Å². The highest BCUT2D eigenvalue weighted by Crippen LogP contribution is 2.38. The third-order valence-corrected chi connectivity index (χ3v) is 4.79. The van der Waals surface area contributed by atoms with E-state index in [-0.39, 0.29) is 11.7 Å². The molecule has 3 nitrogen and oxygen atoms in total. The van der Waals surface area contributed by atoms with E-state index in [0.717, 1.165) is 50.7 Å². The molecular formula is C15H29NO2. The molecule has 1 heterocycles. The summed E-state index contributed by atoms with van der Waals surface area (Å²) in [5.41, 5.74) is 5.95. The van der Waals surface area contributed by atoms with Gasteiger partial charge in [-0.25, -0.2) is 0 Å². The van der Waals surface area contributed by atoms with Crippen LogP contribution in [0, 0.1) is 11.8 Å². The summed E-state index contributed by atoms with van der Waals surface area (Å²) in [6, 6.07) is 0. The van der Waals surface area contributed by atoms with Crippen molar-refractivity contribution in [1.82, 2.24) is 0 Å². The second-order valence-corrected chi connectivity index (χ2v) is 6.43. The highest BCUT2D eigenvalue weighted by atomic mass is 16.5. The zero-order valence-electron chi connectivity index (χ0n) is 12.0. The summed E-state index contributed by atoms with van der Waals surface area (Å²) in [6.45, 7) is 6.97. The van der Waals surface area contributed by atoms with E-state index in [0.29, 0.717) is 6.54 Å². The Kier molecular flexibility index (Phi) is 5.05. The maximum Gasteiger partial charge on any atom is 0.0817 e. The van der Waals surface area contributed by atoms with Gasteiger partial charge in [-0.05, 0) is 50.4 Å². The summed E-state index contributed by atoms with van der Waals surface area (Å²) in [7, 11) is 0. The van der Waals surface area contributed by atoms with Gasteiger partial charge in [-0.2, -0.15) is 0 Å². The molecule has 3 heteroatoms. The molecule has 1 aliphatic heterocycles. The van der Waals surface area contributed by atoms with E-state index >= 15 is 0 Å². The summed E-state index contributed by atoms with van der Waals surface area (Å²) in [6.07, 6.45) is 7.32. The Labute approximate surface area is 111 Å². The Morgan fingerprint density at radius 2 is 2.00 bits per heavy atom.